The van der Waals surface area contributed by atoms with Crippen molar-refractivity contribution in [2.24, 2.45) is 0 Å². The Kier molecular flexibility index (Phi) is 8.02. The van der Waals surface area contributed by atoms with Crippen LogP contribution in [0.5, 0.6) is 11.5 Å². The number of ether oxygens (including phenoxy) is 2. The van der Waals surface area contributed by atoms with Crippen LogP contribution in [-0.4, -0.2) is 12.2 Å². The van der Waals surface area contributed by atoms with E-state index < -0.39 is 0 Å². The molecule has 0 fully saturated rings. The third-order valence-electron chi connectivity index (χ3n) is 5.51. The Morgan fingerprint density at radius 1 is 0.667 bits per heavy atom. The Labute approximate surface area is 185 Å². The number of rotatable bonds is 9. The van der Waals surface area contributed by atoms with E-state index in [1.54, 1.807) is 0 Å². The molecule has 0 spiro atoms. The summed E-state index contributed by atoms with van der Waals surface area (Å²) < 4.78 is 12.4. The molecule has 0 N–H and O–H groups in total. The molecule has 0 aliphatic rings. The largest absolute Gasteiger partial charge is 0.491 e. The van der Waals surface area contributed by atoms with Crippen LogP contribution >= 0.6 is 0 Å². The molecule has 0 saturated heterocycles. The van der Waals surface area contributed by atoms with E-state index in [4.69, 9.17) is 9.47 Å². The van der Waals surface area contributed by atoms with E-state index >= 15 is 0 Å². The van der Waals surface area contributed by atoms with Crippen molar-refractivity contribution in [3.63, 3.8) is 0 Å². The fourth-order valence-electron chi connectivity index (χ4n) is 3.83. The summed E-state index contributed by atoms with van der Waals surface area (Å²) in [6.45, 7) is 22.0. The van der Waals surface area contributed by atoms with Crippen LogP contribution in [0.4, 0.5) is 0 Å². The van der Waals surface area contributed by atoms with Gasteiger partial charge in [-0.25, -0.2) is 0 Å². The molecule has 0 bridgehead atoms. The highest BCUT2D eigenvalue weighted by Crippen LogP contribution is 2.39. The van der Waals surface area contributed by atoms with Crippen molar-refractivity contribution >= 4 is 0 Å². The topological polar surface area (TPSA) is 18.5 Å². The van der Waals surface area contributed by atoms with E-state index in [1.165, 1.54) is 22.3 Å². The van der Waals surface area contributed by atoms with Gasteiger partial charge in [0.15, 0.2) is 0 Å². The predicted molar refractivity (Wildman–Crippen MR) is 129 cm³/mol. The van der Waals surface area contributed by atoms with Crippen molar-refractivity contribution in [2.45, 2.75) is 105 Å². The third kappa shape index (κ3) is 6.27. The molecule has 30 heavy (non-hydrogen) atoms. The molecule has 0 amide bonds. The second-order valence-corrected chi connectivity index (χ2v) is 10.3. The summed E-state index contributed by atoms with van der Waals surface area (Å²) in [6.07, 6.45) is 1.19. The molecule has 2 aromatic carbocycles. The highest BCUT2D eigenvalue weighted by atomic mass is 16.5. The normalized spacial score (nSPS) is 12.3. The summed E-state index contributed by atoms with van der Waals surface area (Å²) in [5, 5.41) is 0. The lowest BCUT2D eigenvalue weighted by molar-refractivity contribution is 0.232. The third-order valence-corrected chi connectivity index (χ3v) is 5.51. The van der Waals surface area contributed by atoms with E-state index in [2.05, 4.69) is 106 Å². The standard InChI is InChI=1S/C28H42O2/c1-18(2)22-11-13-26(29-20(5)6)24(15-22)17-28(9,10)25-16-23(19(3)4)12-14-27(25)30-21(7)8/h11-16,18-21H,17H2,1-10H3. The van der Waals surface area contributed by atoms with Crippen molar-refractivity contribution in [3.05, 3.63) is 58.7 Å². The molecule has 166 valence electrons. The Balaban J connectivity index is 2.53. The van der Waals surface area contributed by atoms with Crippen molar-refractivity contribution in [3.8, 4) is 11.5 Å². The molecule has 0 aliphatic carbocycles. The first kappa shape index (κ1) is 24.3. The molecule has 2 rings (SSSR count). The van der Waals surface area contributed by atoms with E-state index in [0.29, 0.717) is 11.8 Å². The number of hydrogen-bond donors (Lipinski definition) is 0. The Hall–Kier alpha value is -1.96. The van der Waals surface area contributed by atoms with Gasteiger partial charge >= 0.3 is 0 Å². The zero-order valence-corrected chi connectivity index (χ0v) is 20.8. The molecule has 0 unspecified atom stereocenters. The quantitative estimate of drug-likeness (QED) is 0.416. The van der Waals surface area contributed by atoms with Crippen LogP contribution in [0.15, 0.2) is 36.4 Å². The van der Waals surface area contributed by atoms with Gasteiger partial charge in [-0.1, -0.05) is 65.8 Å². The number of benzene rings is 2. The lowest BCUT2D eigenvalue weighted by Crippen LogP contribution is -2.24. The van der Waals surface area contributed by atoms with Gasteiger partial charge in [0.2, 0.25) is 0 Å². The number of hydrogen-bond acceptors (Lipinski definition) is 2. The highest BCUT2D eigenvalue weighted by molar-refractivity contribution is 5.46. The minimum Gasteiger partial charge on any atom is -0.491 e. The van der Waals surface area contributed by atoms with Crippen LogP contribution in [-0.2, 0) is 11.8 Å². The van der Waals surface area contributed by atoms with Gasteiger partial charge in [-0.2, -0.15) is 0 Å². The molecule has 2 heteroatoms. The first-order valence-electron chi connectivity index (χ1n) is 11.5. The fourth-order valence-corrected chi connectivity index (χ4v) is 3.83. The maximum atomic E-state index is 6.23. The summed E-state index contributed by atoms with van der Waals surface area (Å²) in [7, 11) is 0. The van der Waals surface area contributed by atoms with E-state index in [9.17, 15) is 0 Å². The Morgan fingerprint density at radius 3 is 1.63 bits per heavy atom. The maximum Gasteiger partial charge on any atom is 0.123 e. The van der Waals surface area contributed by atoms with Gasteiger partial charge in [0.25, 0.3) is 0 Å². The minimum absolute atomic E-state index is 0.0974. The predicted octanol–water partition coefficient (Wildman–Crippen LogP) is 8.03. The fraction of sp³-hybridized carbons (Fsp3) is 0.571. The van der Waals surface area contributed by atoms with E-state index in [1.807, 2.05) is 0 Å². The average molecular weight is 411 g/mol. The molecular formula is C28H42O2. The van der Waals surface area contributed by atoms with Gasteiger partial charge in [0.1, 0.15) is 11.5 Å². The average Bonchev–Trinajstić information content (AvgIpc) is 2.61. The van der Waals surface area contributed by atoms with Crippen molar-refractivity contribution in [2.75, 3.05) is 0 Å². The molecule has 2 nitrogen and oxygen atoms in total. The van der Waals surface area contributed by atoms with Gasteiger partial charge in [-0.15, -0.1) is 0 Å². The van der Waals surface area contributed by atoms with E-state index in [0.717, 1.165) is 17.9 Å². The summed E-state index contributed by atoms with van der Waals surface area (Å²) >= 11 is 0. The van der Waals surface area contributed by atoms with Crippen LogP contribution in [0, 0.1) is 0 Å². The molecule has 0 aliphatic heterocycles. The smallest absolute Gasteiger partial charge is 0.123 e. The second kappa shape index (κ2) is 9.90. The summed E-state index contributed by atoms with van der Waals surface area (Å²) in [5.74, 6) is 2.96. The zero-order chi connectivity index (χ0) is 22.6. The lowest BCUT2D eigenvalue weighted by Gasteiger charge is -2.31. The Morgan fingerprint density at radius 2 is 1.13 bits per heavy atom. The first-order valence-corrected chi connectivity index (χ1v) is 11.5. The summed E-state index contributed by atoms with van der Waals surface area (Å²) in [4.78, 5) is 0. The van der Waals surface area contributed by atoms with Crippen LogP contribution in [0.2, 0.25) is 0 Å². The highest BCUT2D eigenvalue weighted by Gasteiger charge is 2.28. The van der Waals surface area contributed by atoms with Crippen LogP contribution < -0.4 is 9.47 Å². The lowest BCUT2D eigenvalue weighted by atomic mass is 9.77. The molecule has 0 atom stereocenters. The van der Waals surface area contributed by atoms with Crippen LogP contribution in [0.1, 0.15) is 103 Å². The summed E-state index contributed by atoms with van der Waals surface area (Å²) in [5.41, 5.74) is 5.15. The van der Waals surface area contributed by atoms with E-state index in [-0.39, 0.29) is 17.6 Å². The molecule has 0 radical (unpaired) electrons. The van der Waals surface area contributed by atoms with Crippen molar-refractivity contribution in [1.82, 2.24) is 0 Å². The van der Waals surface area contributed by atoms with Crippen LogP contribution in [0.3, 0.4) is 0 Å². The van der Waals surface area contributed by atoms with Gasteiger partial charge in [-0.3, -0.25) is 0 Å². The molecule has 0 heterocycles. The second-order valence-electron chi connectivity index (χ2n) is 10.3. The van der Waals surface area contributed by atoms with Gasteiger partial charge in [-0.05, 0) is 80.2 Å². The van der Waals surface area contributed by atoms with Gasteiger partial charge in [0, 0.05) is 5.56 Å². The van der Waals surface area contributed by atoms with Crippen molar-refractivity contribution in [1.29, 1.82) is 0 Å². The monoisotopic (exact) mass is 410 g/mol. The molecule has 0 saturated carbocycles. The Bertz CT molecular complexity index is 829. The molecule has 0 aromatic heterocycles. The van der Waals surface area contributed by atoms with Crippen LogP contribution in [0.25, 0.3) is 0 Å². The van der Waals surface area contributed by atoms with Gasteiger partial charge < -0.3 is 9.47 Å². The molecular weight excluding hydrogens is 368 g/mol. The summed E-state index contributed by atoms with van der Waals surface area (Å²) in [6, 6.07) is 13.4. The maximum absolute atomic E-state index is 6.23. The first-order chi connectivity index (χ1) is 13.9. The zero-order valence-electron chi connectivity index (χ0n) is 20.8. The SMILES string of the molecule is CC(C)Oc1ccc(C(C)C)cc1CC(C)(C)c1cc(C(C)C)ccc1OC(C)C. The molecule has 2 aromatic rings. The van der Waals surface area contributed by atoms with Gasteiger partial charge in [0.05, 0.1) is 12.2 Å². The van der Waals surface area contributed by atoms with Crippen molar-refractivity contribution < 1.29 is 9.47 Å². The minimum atomic E-state index is -0.0974.